The van der Waals surface area contributed by atoms with Gasteiger partial charge in [0.1, 0.15) is 12.1 Å². The summed E-state index contributed by atoms with van der Waals surface area (Å²) >= 11 is 0. The van der Waals surface area contributed by atoms with Crippen LogP contribution in [0.4, 0.5) is 0 Å². The van der Waals surface area contributed by atoms with Crippen LogP contribution in [0.25, 0.3) is 10.9 Å². The van der Waals surface area contributed by atoms with E-state index in [-0.39, 0.29) is 24.9 Å². The highest BCUT2D eigenvalue weighted by molar-refractivity contribution is 5.93. The molecule has 2 fully saturated rings. The number of carbonyl (C=O) groups excluding carboxylic acids is 3. The molecular weight excluding hydrogens is 426 g/mol. The lowest BCUT2D eigenvalue weighted by Gasteiger charge is -2.27. The van der Waals surface area contributed by atoms with Crippen LogP contribution in [-0.4, -0.2) is 76.4 Å². The van der Waals surface area contributed by atoms with Crippen molar-refractivity contribution in [2.45, 2.75) is 50.2 Å². The molecule has 2 aliphatic rings. The molecule has 2 aliphatic heterocycles. The maximum Gasteiger partial charge on any atom is 0.326 e. The Morgan fingerprint density at radius 2 is 1.97 bits per heavy atom. The molecule has 3 unspecified atom stereocenters. The van der Waals surface area contributed by atoms with Gasteiger partial charge in [-0.2, -0.15) is 0 Å². The summed E-state index contributed by atoms with van der Waals surface area (Å²) in [5, 5.41) is 18.9. The van der Waals surface area contributed by atoms with Crippen molar-refractivity contribution in [1.29, 1.82) is 0 Å². The van der Waals surface area contributed by atoms with Gasteiger partial charge in [-0.15, -0.1) is 0 Å². The van der Waals surface area contributed by atoms with Gasteiger partial charge in [-0.3, -0.25) is 14.4 Å². The number of nitrogens with one attached hydrogen (secondary N) is 4. The first-order valence-corrected chi connectivity index (χ1v) is 11.3. The quantitative estimate of drug-likeness (QED) is 0.383. The van der Waals surface area contributed by atoms with E-state index in [0.717, 1.165) is 35.9 Å². The van der Waals surface area contributed by atoms with E-state index in [2.05, 4.69) is 20.9 Å². The number of hydrogen-bond donors (Lipinski definition) is 5. The van der Waals surface area contributed by atoms with Gasteiger partial charge in [0.15, 0.2) is 0 Å². The van der Waals surface area contributed by atoms with Crippen LogP contribution in [0.2, 0.25) is 0 Å². The summed E-state index contributed by atoms with van der Waals surface area (Å²) in [6.45, 7) is 0.850. The monoisotopic (exact) mass is 455 g/mol. The fourth-order valence-electron chi connectivity index (χ4n) is 4.65. The van der Waals surface area contributed by atoms with Gasteiger partial charge in [-0.05, 0) is 43.9 Å². The number of aliphatic carboxylic acids is 1. The Morgan fingerprint density at radius 3 is 2.73 bits per heavy atom. The first-order chi connectivity index (χ1) is 15.9. The largest absolute Gasteiger partial charge is 0.480 e. The zero-order chi connectivity index (χ0) is 23.4. The second-order valence-electron chi connectivity index (χ2n) is 8.58. The minimum absolute atomic E-state index is 0.204. The number of aromatic amines is 1. The van der Waals surface area contributed by atoms with Crippen molar-refractivity contribution in [3.63, 3.8) is 0 Å². The molecule has 3 amide bonds. The van der Waals surface area contributed by atoms with Crippen molar-refractivity contribution in [2.75, 3.05) is 19.6 Å². The molecule has 3 heterocycles. The fourth-order valence-corrected chi connectivity index (χ4v) is 4.65. The van der Waals surface area contributed by atoms with Crippen LogP contribution >= 0.6 is 0 Å². The molecule has 0 spiro atoms. The number of rotatable bonds is 8. The number of hydrogen-bond acceptors (Lipinski definition) is 5. The minimum Gasteiger partial charge on any atom is -0.480 e. The third-order valence-electron chi connectivity index (χ3n) is 6.35. The first kappa shape index (κ1) is 22.8. The summed E-state index contributed by atoms with van der Waals surface area (Å²) in [5.41, 5.74) is 1.75. The average Bonchev–Trinajstić information content (AvgIpc) is 3.57. The minimum atomic E-state index is -1.05. The number of aromatic nitrogens is 1. The van der Waals surface area contributed by atoms with Gasteiger partial charge in [0.25, 0.3) is 0 Å². The number of benzene rings is 1. The van der Waals surface area contributed by atoms with Crippen molar-refractivity contribution in [3.8, 4) is 0 Å². The molecule has 10 nitrogen and oxygen atoms in total. The predicted molar refractivity (Wildman–Crippen MR) is 120 cm³/mol. The summed E-state index contributed by atoms with van der Waals surface area (Å²) in [6.07, 6.45) is 4.62. The number of amides is 3. The van der Waals surface area contributed by atoms with Crippen molar-refractivity contribution >= 4 is 34.6 Å². The maximum absolute atomic E-state index is 13.3. The number of H-pyrrole nitrogens is 1. The standard InChI is InChI=1S/C23H29N5O5/c29-20(13-26-21(30)17-7-3-9-24-17)27-18(22(31)28-10-4-8-19(28)23(32)33)11-14-12-25-16-6-2-1-5-15(14)16/h1-2,5-6,12,17-19,24-25H,3-4,7-11,13H2,(H,26,30)(H,27,29)(H,32,33). The number of likely N-dealkylation sites (tertiary alicyclic amines) is 1. The topological polar surface area (TPSA) is 144 Å². The Morgan fingerprint density at radius 1 is 1.15 bits per heavy atom. The Balaban J connectivity index is 1.48. The van der Waals surface area contributed by atoms with Crippen LogP contribution in [0.15, 0.2) is 30.5 Å². The van der Waals surface area contributed by atoms with E-state index in [0.29, 0.717) is 19.4 Å². The molecule has 4 rings (SSSR count). The molecule has 3 atom stereocenters. The number of nitrogens with zero attached hydrogens (tertiary/aromatic N) is 1. The van der Waals surface area contributed by atoms with Crippen molar-refractivity contribution < 1.29 is 24.3 Å². The van der Waals surface area contributed by atoms with Crippen molar-refractivity contribution in [1.82, 2.24) is 25.8 Å². The molecule has 10 heteroatoms. The lowest BCUT2D eigenvalue weighted by Crippen LogP contribution is -2.54. The van der Waals surface area contributed by atoms with Gasteiger partial charge >= 0.3 is 5.97 Å². The Kier molecular flexibility index (Phi) is 6.93. The van der Waals surface area contributed by atoms with Gasteiger partial charge in [-0.1, -0.05) is 18.2 Å². The Hall–Kier alpha value is -3.40. The van der Waals surface area contributed by atoms with Crippen molar-refractivity contribution in [3.05, 3.63) is 36.0 Å². The molecule has 0 saturated carbocycles. The summed E-state index contributed by atoms with van der Waals surface area (Å²) in [6, 6.07) is 5.49. The Labute approximate surface area is 191 Å². The van der Waals surface area contributed by atoms with Gasteiger partial charge in [-0.25, -0.2) is 4.79 Å². The van der Waals surface area contributed by atoms with E-state index in [4.69, 9.17) is 0 Å². The van der Waals surface area contributed by atoms with E-state index in [9.17, 15) is 24.3 Å². The number of carboxylic acids is 1. The number of fused-ring (bicyclic) bond motifs is 1. The van der Waals surface area contributed by atoms with Crippen LogP contribution in [-0.2, 0) is 25.6 Å². The normalized spacial score (nSPS) is 21.2. The molecule has 0 aliphatic carbocycles. The molecule has 0 radical (unpaired) electrons. The van der Waals surface area contributed by atoms with Crippen molar-refractivity contribution in [2.24, 2.45) is 0 Å². The third kappa shape index (κ3) is 5.16. The zero-order valence-corrected chi connectivity index (χ0v) is 18.3. The highest BCUT2D eigenvalue weighted by Gasteiger charge is 2.38. The van der Waals surface area contributed by atoms with Gasteiger partial charge in [0, 0.05) is 30.1 Å². The smallest absolute Gasteiger partial charge is 0.326 e. The molecule has 2 aromatic rings. The van der Waals surface area contributed by atoms with Crippen LogP contribution in [0.3, 0.4) is 0 Å². The molecule has 5 N–H and O–H groups in total. The van der Waals surface area contributed by atoms with Crippen LogP contribution in [0.1, 0.15) is 31.2 Å². The molecule has 1 aromatic carbocycles. The lowest BCUT2D eigenvalue weighted by atomic mass is 10.0. The highest BCUT2D eigenvalue weighted by atomic mass is 16.4. The van der Waals surface area contributed by atoms with E-state index >= 15 is 0 Å². The number of carboxylic acid groups (broad SMARTS) is 1. The molecule has 33 heavy (non-hydrogen) atoms. The summed E-state index contributed by atoms with van der Waals surface area (Å²) in [4.78, 5) is 54.3. The highest BCUT2D eigenvalue weighted by Crippen LogP contribution is 2.22. The molecule has 2 saturated heterocycles. The first-order valence-electron chi connectivity index (χ1n) is 11.3. The van der Waals surface area contributed by atoms with E-state index < -0.39 is 29.9 Å². The van der Waals surface area contributed by atoms with Crippen LogP contribution < -0.4 is 16.0 Å². The van der Waals surface area contributed by atoms with E-state index in [1.165, 1.54) is 4.90 Å². The van der Waals surface area contributed by atoms with Gasteiger partial charge in [0.05, 0.1) is 12.6 Å². The number of para-hydroxylation sites is 1. The van der Waals surface area contributed by atoms with E-state index in [1.807, 2.05) is 24.3 Å². The second kappa shape index (κ2) is 10.0. The molecule has 0 bridgehead atoms. The van der Waals surface area contributed by atoms with E-state index in [1.54, 1.807) is 6.20 Å². The SMILES string of the molecule is O=C(CNC(=O)C1CCCN1)NC(Cc1c[nH]c2ccccc12)C(=O)N1CCCC1C(=O)O. The van der Waals surface area contributed by atoms with Crippen LogP contribution in [0.5, 0.6) is 0 Å². The summed E-state index contributed by atoms with van der Waals surface area (Å²) in [5.74, 6) is -2.21. The molecular formula is C23H29N5O5. The van der Waals surface area contributed by atoms with Gasteiger partial charge < -0.3 is 30.9 Å². The Bertz CT molecular complexity index is 1040. The lowest BCUT2D eigenvalue weighted by molar-refractivity contribution is -0.149. The number of carbonyl (C=O) groups is 4. The second-order valence-corrected chi connectivity index (χ2v) is 8.58. The molecule has 176 valence electrons. The zero-order valence-electron chi connectivity index (χ0n) is 18.3. The van der Waals surface area contributed by atoms with Crippen LogP contribution in [0, 0.1) is 0 Å². The maximum atomic E-state index is 13.3. The predicted octanol–water partition coefficient (Wildman–Crippen LogP) is 0.139. The molecule has 1 aromatic heterocycles. The average molecular weight is 456 g/mol. The van der Waals surface area contributed by atoms with Gasteiger partial charge in [0.2, 0.25) is 17.7 Å². The summed E-state index contributed by atoms with van der Waals surface area (Å²) in [7, 11) is 0. The fraction of sp³-hybridized carbons (Fsp3) is 0.478. The summed E-state index contributed by atoms with van der Waals surface area (Å²) < 4.78 is 0. The third-order valence-corrected chi connectivity index (χ3v) is 6.35.